The summed E-state index contributed by atoms with van der Waals surface area (Å²) in [5, 5.41) is 8.89. The molecule has 3 nitrogen and oxygen atoms in total. The summed E-state index contributed by atoms with van der Waals surface area (Å²) in [5.74, 6) is 1.66. The van der Waals surface area contributed by atoms with E-state index < -0.39 is 0 Å². The lowest BCUT2D eigenvalue weighted by Gasteiger charge is -2.17. The minimum Gasteiger partial charge on any atom is -0.244 e. The van der Waals surface area contributed by atoms with Crippen molar-refractivity contribution in [1.82, 2.24) is 15.0 Å². The number of aromatic nitrogens is 3. The Morgan fingerprint density at radius 2 is 1.84 bits per heavy atom. The second-order valence-electron chi connectivity index (χ2n) is 6.38. The van der Waals surface area contributed by atoms with Crippen molar-refractivity contribution in [1.29, 1.82) is 0 Å². The lowest BCUT2D eigenvalue weighted by atomic mass is 9.89. The Balaban J connectivity index is 0.000000880. The second-order valence-corrected chi connectivity index (χ2v) is 6.38. The van der Waals surface area contributed by atoms with Crippen LogP contribution in [0, 0.1) is 11.8 Å². The smallest absolute Gasteiger partial charge is 0.121 e. The molecular formula is C22H27N3. The fraction of sp³-hybridized carbons (Fsp3) is 0.364. The Hall–Kier alpha value is -2.42. The zero-order valence-corrected chi connectivity index (χ0v) is 15.7. The number of hydrogen-bond acceptors (Lipinski definition) is 2. The lowest BCUT2D eigenvalue weighted by Crippen LogP contribution is -2.06. The van der Waals surface area contributed by atoms with Crippen LogP contribution in [0.5, 0.6) is 0 Å². The zero-order valence-electron chi connectivity index (χ0n) is 15.7. The van der Waals surface area contributed by atoms with Crippen LogP contribution in [-0.4, -0.2) is 15.0 Å². The first-order chi connectivity index (χ1) is 12.2. The van der Waals surface area contributed by atoms with Gasteiger partial charge in [-0.2, -0.15) is 0 Å². The molecule has 4 rings (SSSR count). The molecule has 3 unspecified atom stereocenters. The number of rotatable bonds is 3. The van der Waals surface area contributed by atoms with Crippen LogP contribution < -0.4 is 0 Å². The monoisotopic (exact) mass is 333 g/mol. The quantitative estimate of drug-likeness (QED) is 0.744. The first kappa shape index (κ1) is 17.4. The standard InChI is InChI=1S/C20H21N3.C2H6/c1-5-13-14(6-2)20-19(21-22-23(20)7-3)16-11-9-8-10-15(16)18-12(4)17(13)18;1-2/h5-6,8-12,17-18H,1-2,7H2,3-4H3;1-2H3/b14-13-;. The number of aryl methyl sites for hydroxylation is 1. The summed E-state index contributed by atoms with van der Waals surface area (Å²) in [5.41, 5.74) is 7.05. The molecule has 2 aliphatic rings. The van der Waals surface area contributed by atoms with E-state index in [0.717, 1.165) is 23.5 Å². The van der Waals surface area contributed by atoms with Gasteiger partial charge in [0.15, 0.2) is 0 Å². The van der Waals surface area contributed by atoms with Crippen LogP contribution in [0.15, 0.2) is 55.1 Å². The summed E-state index contributed by atoms with van der Waals surface area (Å²) in [4.78, 5) is 0. The van der Waals surface area contributed by atoms with Crippen molar-refractivity contribution in [3.8, 4) is 11.3 Å². The van der Waals surface area contributed by atoms with Crippen LogP contribution in [0.1, 0.15) is 44.9 Å². The molecule has 1 heterocycles. The third-order valence-corrected chi connectivity index (χ3v) is 5.34. The molecule has 2 aromatic rings. The second kappa shape index (κ2) is 6.83. The van der Waals surface area contributed by atoms with Crippen molar-refractivity contribution in [2.24, 2.45) is 11.8 Å². The van der Waals surface area contributed by atoms with Gasteiger partial charge in [0.25, 0.3) is 0 Å². The molecule has 1 aromatic carbocycles. The third-order valence-electron chi connectivity index (χ3n) is 5.34. The van der Waals surface area contributed by atoms with Crippen molar-refractivity contribution < 1.29 is 0 Å². The predicted octanol–water partition coefficient (Wildman–Crippen LogP) is 5.48. The zero-order chi connectivity index (χ0) is 18.1. The van der Waals surface area contributed by atoms with Crippen LogP contribution >= 0.6 is 0 Å². The maximum atomic E-state index is 4.51. The molecule has 0 bridgehead atoms. The first-order valence-electron chi connectivity index (χ1n) is 9.25. The molecule has 130 valence electrons. The largest absolute Gasteiger partial charge is 0.244 e. The topological polar surface area (TPSA) is 30.7 Å². The molecule has 1 saturated carbocycles. The van der Waals surface area contributed by atoms with Crippen molar-refractivity contribution >= 4 is 5.57 Å². The number of benzene rings is 1. The maximum absolute atomic E-state index is 4.51. The summed E-state index contributed by atoms with van der Waals surface area (Å²) < 4.78 is 1.97. The van der Waals surface area contributed by atoms with Gasteiger partial charge in [0.1, 0.15) is 5.69 Å². The number of allylic oxidation sites excluding steroid dienone is 4. The van der Waals surface area contributed by atoms with Crippen LogP contribution in [0.2, 0.25) is 0 Å². The molecule has 0 amide bonds. The van der Waals surface area contributed by atoms with Gasteiger partial charge in [-0.15, -0.1) is 5.10 Å². The number of fused-ring (bicyclic) bond motifs is 5. The van der Waals surface area contributed by atoms with Crippen LogP contribution in [-0.2, 0) is 6.54 Å². The number of nitrogens with zero attached hydrogens (tertiary/aromatic N) is 3. The fourth-order valence-electron chi connectivity index (χ4n) is 4.18. The minimum absolute atomic E-state index is 0.509. The molecule has 3 atom stereocenters. The molecule has 25 heavy (non-hydrogen) atoms. The van der Waals surface area contributed by atoms with Crippen molar-refractivity contribution in [2.75, 3.05) is 0 Å². The van der Waals surface area contributed by atoms with Crippen LogP contribution in [0.25, 0.3) is 16.8 Å². The van der Waals surface area contributed by atoms with E-state index in [9.17, 15) is 0 Å². The number of hydrogen-bond donors (Lipinski definition) is 0. The molecule has 3 heteroatoms. The van der Waals surface area contributed by atoms with Gasteiger partial charge < -0.3 is 0 Å². The average molecular weight is 333 g/mol. The SMILES string of the molecule is C=C/C1=C(\C=C)C2C(C)C2c2ccccc2-c2nnn(CC)c21.CC. The molecule has 0 saturated heterocycles. The molecule has 1 fully saturated rings. The predicted molar refractivity (Wildman–Crippen MR) is 105 cm³/mol. The Bertz CT molecular complexity index is 841. The highest BCUT2D eigenvalue weighted by molar-refractivity contribution is 5.87. The van der Waals surface area contributed by atoms with E-state index in [2.05, 4.69) is 61.6 Å². The summed E-state index contributed by atoms with van der Waals surface area (Å²) in [6, 6.07) is 8.62. The van der Waals surface area contributed by atoms with Gasteiger partial charge in [-0.1, -0.05) is 75.6 Å². The van der Waals surface area contributed by atoms with E-state index in [0.29, 0.717) is 17.8 Å². The van der Waals surface area contributed by atoms with Crippen molar-refractivity contribution in [3.63, 3.8) is 0 Å². The van der Waals surface area contributed by atoms with E-state index >= 15 is 0 Å². The van der Waals surface area contributed by atoms with Gasteiger partial charge >= 0.3 is 0 Å². The van der Waals surface area contributed by atoms with Gasteiger partial charge in [0.05, 0.1) is 5.69 Å². The van der Waals surface area contributed by atoms with Gasteiger partial charge in [-0.25, -0.2) is 4.68 Å². The molecular weight excluding hydrogens is 306 g/mol. The highest BCUT2D eigenvalue weighted by atomic mass is 15.4. The Labute approximate surface area is 150 Å². The highest BCUT2D eigenvalue weighted by Gasteiger charge is 2.51. The lowest BCUT2D eigenvalue weighted by molar-refractivity contribution is 0.620. The maximum Gasteiger partial charge on any atom is 0.121 e. The molecule has 2 aliphatic carbocycles. The van der Waals surface area contributed by atoms with E-state index in [1.54, 1.807) is 0 Å². The molecule has 0 aliphatic heterocycles. The van der Waals surface area contributed by atoms with Gasteiger partial charge in [-0.3, -0.25) is 0 Å². The average Bonchev–Trinajstić information content (AvgIpc) is 3.12. The van der Waals surface area contributed by atoms with E-state index in [1.807, 2.05) is 30.7 Å². The van der Waals surface area contributed by atoms with E-state index in [1.165, 1.54) is 16.7 Å². The minimum atomic E-state index is 0.509. The van der Waals surface area contributed by atoms with Crippen molar-refractivity contribution in [3.05, 3.63) is 66.4 Å². The van der Waals surface area contributed by atoms with Gasteiger partial charge in [0.2, 0.25) is 0 Å². The fourth-order valence-corrected chi connectivity index (χ4v) is 4.18. The molecule has 1 aromatic heterocycles. The van der Waals surface area contributed by atoms with E-state index in [-0.39, 0.29) is 0 Å². The Morgan fingerprint density at radius 3 is 2.48 bits per heavy atom. The summed E-state index contributed by atoms with van der Waals surface area (Å²) in [6.07, 6.45) is 3.95. The normalized spacial score (nSPS) is 26.0. The summed E-state index contributed by atoms with van der Waals surface area (Å²) >= 11 is 0. The Morgan fingerprint density at radius 1 is 1.12 bits per heavy atom. The third kappa shape index (κ3) is 2.50. The Kier molecular flexibility index (Phi) is 4.76. The summed E-state index contributed by atoms with van der Waals surface area (Å²) in [6.45, 7) is 17.4. The molecule has 0 radical (unpaired) electrons. The van der Waals surface area contributed by atoms with Gasteiger partial charge in [0, 0.05) is 17.7 Å². The van der Waals surface area contributed by atoms with Crippen LogP contribution in [0.3, 0.4) is 0 Å². The van der Waals surface area contributed by atoms with E-state index in [4.69, 9.17) is 0 Å². The molecule has 0 spiro atoms. The van der Waals surface area contributed by atoms with Gasteiger partial charge in [-0.05, 0) is 35.8 Å². The highest BCUT2D eigenvalue weighted by Crippen LogP contribution is 2.61. The first-order valence-corrected chi connectivity index (χ1v) is 9.25. The summed E-state index contributed by atoms with van der Waals surface area (Å²) in [7, 11) is 0. The van der Waals surface area contributed by atoms with Crippen molar-refractivity contribution in [2.45, 2.75) is 40.2 Å². The van der Waals surface area contributed by atoms with Crippen LogP contribution in [0.4, 0.5) is 0 Å². The molecule has 0 N–H and O–H groups in total.